The highest BCUT2D eigenvalue weighted by Crippen LogP contribution is 2.14. The fraction of sp³-hybridized carbons (Fsp3) is 0.214. The highest BCUT2D eigenvalue weighted by molar-refractivity contribution is 9.10. The third kappa shape index (κ3) is 3.91. The first-order valence-electron chi connectivity index (χ1n) is 6.17. The molecule has 0 radical (unpaired) electrons. The molecular weight excluding hydrogens is 340 g/mol. The van der Waals surface area contributed by atoms with Gasteiger partial charge in [-0.2, -0.15) is 0 Å². The Morgan fingerprint density at radius 2 is 2.24 bits per heavy atom. The summed E-state index contributed by atoms with van der Waals surface area (Å²) < 4.78 is 9.25. The topological polar surface area (TPSA) is 75.2 Å². The van der Waals surface area contributed by atoms with E-state index in [1.165, 1.54) is 12.3 Å². The molecule has 0 fully saturated rings. The Labute approximate surface area is 129 Å². The molecule has 21 heavy (non-hydrogen) atoms. The molecule has 0 aliphatic carbocycles. The number of carboxylic acids is 1. The van der Waals surface area contributed by atoms with Gasteiger partial charge >= 0.3 is 5.97 Å². The maximum absolute atomic E-state index is 11.9. The van der Waals surface area contributed by atoms with Crippen LogP contribution >= 0.6 is 15.9 Å². The first-order chi connectivity index (χ1) is 9.97. The van der Waals surface area contributed by atoms with E-state index >= 15 is 0 Å². The van der Waals surface area contributed by atoms with Gasteiger partial charge < -0.3 is 19.2 Å². The molecule has 0 saturated heterocycles. The van der Waals surface area contributed by atoms with Crippen molar-refractivity contribution in [3.63, 3.8) is 0 Å². The van der Waals surface area contributed by atoms with E-state index in [4.69, 9.17) is 4.74 Å². The van der Waals surface area contributed by atoms with Crippen LogP contribution in [0.5, 0.6) is 0 Å². The molecule has 2 aromatic rings. The number of aromatic nitrogens is 2. The van der Waals surface area contributed by atoms with Crippen molar-refractivity contribution in [2.75, 3.05) is 6.61 Å². The molecule has 6 nitrogen and oxygen atoms in total. The maximum Gasteiger partial charge on any atom is 0.355 e. The zero-order chi connectivity index (χ0) is 15.4. The van der Waals surface area contributed by atoms with Crippen LogP contribution in [0.25, 0.3) is 0 Å². The quantitative estimate of drug-likeness (QED) is 0.572. The Bertz CT molecular complexity index is 681. The fourth-order valence-electron chi connectivity index (χ4n) is 1.83. The Morgan fingerprint density at radius 1 is 1.48 bits per heavy atom. The summed E-state index contributed by atoms with van der Waals surface area (Å²) in [7, 11) is 1.75. The molecule has 0 aliphatic heterocycles. The van der Waals surface area contributed by atoms with Gasteiger partial charge in [-0.25, -0.2) is 9.36 Å². The first-order valence-corrected chi connectivity index (χ1v) is 6.96. The number of hydrogen-bond acceptors (Lipinski definition) is 4. The smallest absolute Gasteiger partial charge is 0.355 e. The zero-order valence-electron chi connectivity index (χ0n) is 11.3. The lowest BCUT2D eigenvalue weighted by molar-refractivity contribution is -0.698. The summed E-state index contributed by atoms with van der Waals surface area (Å²) in [5.74, 6) is -1.67. The van der Waals surface area contributed by atoms with E-state index in [0.717, 1.165) is 4.47 Å². The average molecular weight is 353 g/mol. The summed E-state index contributed by atoms with van der Waals surface area (Å²) >= 11 is 3.28. The monoisotopic (exact) mass is 352 g/mol. The number of nitrogens with zero attached hydrogens (tertiary/aromatic N) is 2. The molecule has 0 amide bonds. The van der Waals surface area contributed by atoms with Gasteiger partial charge in [0.2, 0.25) is 0 Å². The van der Waals surface area contributed by atoms with E-state index in [1.54, 1.807) is 40.7 Å². The maximum atomic E-state index is 11.9. The summed E-state index contributed by atoms with van der Waals surface area (Å²) in [6.45, 7) is 0.501. The zero-order valence-corrected chi connectivity index (χ0v) is 12.9. The molecular formula is C14H13BrN2O4. The Balaban J connectivity index is 1.92. The number of carbonyl (C=O) groups excluding carboxylic acids is 2. The van der Waals surface area contributed by atoms with E-state index in [-0.39, 0.29) is 12.2 Å². The number of carboxylic acid groups (broad SMARTS) is 1. The van der Waals surface area contributed by atoms with E-state index in [2.05, 4.69) is 15.9 Å². The summed E-state index contributed by atoms with van der Waals surface area (Å²) in [6, 6.07) is 4.72. The van der Waals surface area contributed by atoms with Crippen LogP contribution < -0.4 is 9.67 Å². The molecule has 2 aromatic heterocycles. The van der Waals surface area contributed by atoms with E-state index in [0.29, 0.717) is 12.2 Å². The van der Waals surface area contributed by atoms with E-state index in [1.807, 2.05) is 0 Å². The highest BCUT2D eigenvalue weighted by Gasteiger charge is 2.13. The molecule has 7 heteroatoms. The molecule has 0 aliphatic rings. The number of hydrogen-bond donors (Lipinski definition) is 0. The van der Waals surface area contributed by atoms with Gasteiger partial charge in [-0.05, 0) is 28.1 Å². The number of carbonyl (C=O) groups is 2. The van der Waals surface area contributed by atoms with Crippen molar-refractivity contribution < 1.29 is 24.0 Å². The normalized spacial score (nSPS) is 10.4. The minimum Gasteiger partial charge on any atom is -0.545 e. The van der Waals surface area contributed by atoms with Crippen molar-refractivity contribution in [1.29, 1.82) is 0 Å². The summed E-state index contributed by atoms with van der Waals surface area (Å²) in [5.41, 5.74) is 0.519. The molecule has 0 atom stereocenters. The SMILES string of the molecule is Cn1cc(Br)cc1C(=O)OCC[n+]1cccc(C(=O)[O-])c1. The molecule has 0 aromatic carbocycles. The highest BCUT2D eigenvalue weighted by atomic mass is 79.9. The minimum absolute atomic E-state index is 0.0789. The van der Waals surface area contributed by atoms with Crippen molar-refractivity contribution in [2.45, 2.75) is 6.54 Å². The molecule has 2 rings (SSSR count). The lowest BCUT2D eigenvalue weighted by Crippen LogP contribution is -2.38. The van der Waals surface area contributed by atoms with Crippen molar-refractivity contribution in [2.24, 2.45) is 7.05 Å². The van der Waals surface area contributed by atoms with Crippen LogP contribution in [0.15, 0.2) is 41.3 Å². The van der Waals surface area contributed by atoms with Gasteiger partial charge in [-0.3, -0.25) is 0 Å². The first kappa shape index (κ1) is 15.2. The van der Waals surface area contributed by atoms with Crippen LogP contribution in [0, 0.1) is 0 Å². The predicted molar refractivity (Wildman–Crippen MR) is 74.4 cm³/mol. The molecule has 0 bridgehead atoms. The van der Waals surface area contributed by atoms with Gasteiger partial charge in [0.05, 0.1) is 11.5 Å². The standard InChI is InChI=1S/C14H13BrN2O4/c1-16-9-11(15)7-12(16)14(20)21-6-5-17-4-2-3-10(8-17)13(18)19/h2-4,7-9H,5-6H2,1H3. The predicted octanol–water partition coefficient (Wildman–Crippen LogP) is 0.296. The number of rotatable bonds is 5. The van der Waals surface area contributed by atoms with Crippen LogP contribution in [0.1, 0.15) is 20.8 Å². The van der Waals surface area contributed by atoms with Crippen LogP contribution in [0.4, 0.5) is 0 Å². The summed E-state index contributed by atoms with van der Waals surface area (Å²) in [6.07, 6.45) is 4.89. The molecule has 0 N–H and O–H groups in total. The second kappa shape index (κ2) is 6.53. The van der Waals surface area contributed by atoms with E-state index < -0.39 is 11.9 Å². The average Bonchev–Trinajstić information content (AvgIpc) is 2.78. The van der Waals surface area contributed by atoms with Gasteiger partial charge in [0.1, 0.15) is 5.69 Å². The van der Waals surface area contributed by atoms with Crippen LogP contribution in [-0.2, 0) is 18.3 Å². The molecule has 0 unspecified atom stereocenters. The lowest BCUT2D eigenvalue weighted by Gasteiger charge is -2.04. The van der Waals surface area contributed by atoms with Gasteiger partial charge in [0.25, 0.3) is 0 Å². The van der Waals surface area contributed by atoms with Gasteiger partial charge in [0, 0.05) is 23.8 Å². The Hall–Kier alpha value is -2.15. The van der Waals surface area contributed by atoms with Crippen molar-refractivity contribution in [3.05, 3.63) is 52.5 Å². The minimum atomic E-state index is -1.24. The third-order valence-corrected chi connectivity index (χ3v) is 3.29. The largest absolute Gasteiger partial charge is 0.545 e. The number of halogens is 1. The van der Waals surface area contributed by atoms with Gasteiger partial charge in [-0.1, -0.05) is 0 Å². The third-order valence-electron chi connectivity index (χ3n) is 2.86. The summed E-state index contributed by atoms with van der Waals surface area (Å²) in [4.78, 5) is 22.6. The molecule has 0 spiro atoms. The fourth-order valence-corrected chi connectivity index (χ4v) is 2.35. The van der Waals surface area contributed by atoms with Crippen molar-refractivity contribution >= 4 is 27.9 Å². The number of ether oxygens (including phenoxy) is 1. The lowest BCUT2D eigenvalue weighted by atomic mass is 10.3. The molecule has 2 heterocycles. The summed E-state index contributed by atoms with van der Waals surface area (Å²) in [5, 5.41) is 10.7. The molecule has 0 saturated carbocycles. The van der Waals surface area contributed by atoms with Crippen LogP contribution in [-0.4, -0.2) is 23.1 Å². The van der Waals surface area contributed by atoms with Crippen molar-refractivity contribution in [3.8, 4) is 0 Å². The van der Waals surface area contributed by atoms with Crippen LogP contribution in [0.3, 0.4) is 0 Å². The second-order valence-corrected chi connectivity index (χ2v) is 5.32. The number of aromatic carboxylic acids is 1. The van der Waals surface area contributed by atoms with Crippen LogP contribution in [0.2, 0.25) is 0 Å². The number of pyridine rings is 1. The number of aryl methyl sites for hydroxylation is 1. The van der Waals surface area contributed by atoms with E-state index in [9.17, 15) is 14.7 Å². The Morgan fingerprint density at radius 3 is 2.86 bits per heavy atom. The van der Waals surface area contributed by atoms with Gasteiger partial charge in [0.15, 0.2) is 25.5 Å². The van der Waals surface area contributed by atoms with Crippen molar-refractivity contribution in [1.82, 2.24) is 4.57 Å². The Kier molecular flexibility index (Phi) is 4.74. The number of esters is 1. The molecule has 110 valence electrons. The second-order valence-electron chi connectivity index (χ2n) is 4.41. The van der Waals surface area contributed by atoms with Gasteiger partial charge in [-0.15, -0.1) is 0 Å².